The lowest BCUT2D eigenvalue weighted by atomic mass is 9.91. The minimum atomic E-state index is -0.360. The van der Waals surface area contributed by atoms with Crippen LogP contribution in [-0.2, 0) is 4.79 Å². The predicted molar refractivity (Wildman–Crippen MR) is 127 cm³/mol. The molecule has 5 nitrogen and oxygen atoms in total. The van der Waals surface area contributed by atoms with Crippen LogP contribution in [0.2, 0.25) is 10.0 Å². The third kappa shape index (κ3) is 4.74. The number of hydrogen-bond acceptors (Lipinski definition) is 4. The fourth-order valence-corrected chi connectivity index (χ4v) is 5.01. The molecule has 4 rings (SSSR count). The van der Waals surface area contributed by atoms with E-state index in [0.717, 1.165) is 44.3 Å². The van der Waals surface area contributed by atoms with Crippen LogP contribution in [0.25, 0.3) is 0 Å². The van der Waals surface area contributed by atoms with Crippen LogP contribution in [0, 0.1) is 11.7 Å². The summed E-state index contributed by atoms with van der Waals surface area (Å²) in [4.78, 5) is 13.4. The molecular weight excluding hydrogens is 474 g/mol. The second-order valence-corrected chi connectivity index (χ2v) is 9.31. The van der Waals surface area contributed by atoms with Crippen molar-refractivity contribution in [3.63, 3.8) is 0 Å². The maximum atomic E-state index is 13.6. The highest BCUT2D eigenvalue weighted by molar-refractivity contribution is 6.46. The van der Waals surface area contributed by atoms with E-state index in [1.165, 1.54) is 16.7 Å². The molecule has 0 bridgehead atoms. The summed E-state index contributed by atoms with van der Waals surface area (Å²) in [5, 5.41) is 9.16. The molecule has 2 aromatic rings. The van der Waals surface area contributed by atoms with E-state index < -0.39 is 0 Å². The lowest BCUT2D eigenvalue weighted by Gasteiger charge is -2.29. The first-order chi connectivity index (χ1) is 15.4. The van der Waals surface area contributed by atoms with E-state index in [1.807, 2.05) is 11.9 Å². The standard InChI is InChI=1S/C23H24Cl3FN4O/c1-15-21(23(32)31(26)29-12-4-2-3-5-13-29)28-30(20-11-8-17(24)14-19(20)25)22(15)16-6-9-18(27)10-7-16/h6-11,14-15,22H,2-5,12-13H2,1H3/t15-,22+/m1/s1. The van der Waals surface area contributed by atoms with E-state index >= 15 is 0 Å². The van der Waals surface area contributed by atoms with E-state index in [9.17, 15) is 9.18 Å². The number of halogens is 4. The highest BCUT2D eigenvalue weighted by atomic mass is 35.5. The Morgan fingerprint density at radius 2 is 1.72 bits per heavy atom. The molecule has 0 saturated carbocycles. The Morgan fingerprint density at radius 1 is 1.06 bits per heavy atom. The summed E-state index contributed by atoms with van der Waals surface area (Å²) in [6, 6.07) is 10.9. The second kappa shape index (κ2) is 9.96. The average molecular weight is 498 g/mol. The van der Waals surface area contributed by atoms with Gasteiger partial charge in [-0.15, -0.1) is 0 Å². The van der Waals surface area contributed by atoms with Crippen molar-refractivity contribution in [2.75, 3.05) is 18.1 Å². The largest absolute Gasteiger partial charge is 0.299 e. The smallest absolute Gasteiger partial charge is 0.265 e. The highest BCUT2D eigenvalue weighted by Crippen LogP contribution is 2.42. The molecule has 0 aliphatic carbocycles. The number of hydrogen-bond donors (Lipinski definition) is 0. The Hall–Kier alpha value is -1.86. The van der Waals surface area contributed by atoms with Crippen LogP contribution in [0.1, 0.15) is 44.2 Å². The topological polar surface area (TPSA) is 39.2 Å². The van der Waals surface area contributed by atoms with Crippen LogP contribution < -0.4 is 5.01 Å². The van der Waals surface area contributed by atoms with Crippen LogP contribution >= 0.6 is 35.0 Å². The Morgan fingerprint density at radius 3 is 2.34 bits per heavy atom. The van der Waals surface area contributed by atoms with Crippen LogP contribution in [-0.4, -0.2) is 34.2 Å². The van der Waals surface area contributed by atoms with Crippen molar-refractivity contribution >= 4 is 52.3 Å². The van der Waals surface area contributed by atoms with Crippen molar-refractivity contribution in [3.8, 4) is 0 Å². The molecule has 170 valence electrons. The number of nitrogens with zero attached hydrogens (tertiary/aromatic N) is 4. The van der Waals surface area contributed by atoms with Crippen LogP contribution in [0.4, 0.5) is 10.1 Å². The predicted octanol–water partition coefficient (Wildman–Crippen LogP) is 6.46. The summed E-state index contributed by atoms with van der Waals surface area (Å²) in [6.45, 7) is 3.37. The Bertz CT molecular complexity index is 1010. The van der Waals surface area contributed by atoms with E-state index in [0.29, 0.717) is 21.4 Å². The molecule has 1 saturated heterocycles. The fraction of sp³-hybridized carbons (Fsp3) is 0.391. The van der Waals surface area contributed by atoms with Gasteiger partial charge < -0.3 is 0 Å². The van der Waals surface area contributed by atoms with E-state index in [-0.39, 0.29) is 23.7 Å². The van der Waals surface area contributed by atoms with Crippen molar-refractivity contribution < 1.29 is 9.18 Å². The number of carbonyl (C=O) groups excluding carboxylic acids is 1. The van der Waals surface area contributed by atoms with Crippen molar-refractivity contribution in [2.24, 2.45) is 11.0 Å². The molecule has 0 N–H and O–H groups in total. The van der Waals surface area contributed by atoms with Gasteiger partial charge in [0, 0.05) is 35.8 Å². The van der Waals surface area contributed by atoms with Crippen LogP contribution in [0.3, 0.4) is 0 Å². The Labute approximate surface area is 202 Å². The third-order valence-electron chi connectivity index (χ3n) is 5.97. The normalized spacial score (nSPS) is 21.9. The number of hydrazine groups is 1. The zero-order valence-electron chi connectivity index (χ0n) is 17.6. The van der Waals surface area contributed by atoms with Crippen molar-refractivity contribution in [2.45, 2.75) is 38.6 Å². The van der Waals surface area contributed by atoms with Crippen molar-refractivity contribution in [1.82, 2.24) is 9.54 Å². The molecule has 0 unspecified atom stereocenters. The van der Waals surface area contributed by atoms with Gasteiger partial charge in [0.2, 0.25) is 0 Å². The maximum absolute atomic E-state index is 13.6. The summed E-state index contributed by atoms with van der Waals surface area (Å²) in [5.41, 5.74) is 1.74. The number of anilines is 1. The number of amides is 1. The first kappa shape index (κ1) is 23.3. The van der Waals surface area contributed by atoms with Gasteiger partial charge in [-0.3, -0.25) is 9.80 Å². The van der Waals surface area contributed by atoms with Gasteiger partial charge in [-0.2, -0.15) is 9.63 Å². The molecule has 2 aromatic carbocycles. The van der Waals surface area contributed by atoms with Gasteiger partial charge in [0.1, 0.15) is 11.5 Å². The fourth-order valence-electron chi connectivity index (χ4n) is 4.28. The summed E-state index contributed by atoms with van der Waals surface area (Å²) in [7, 11) is 0. The summed E-state index contributed by atoms with van der Waals surface area (Å²) in [6.07, 6.45) is 4.23. The van der Waals surface area contributed by atoms with Crippen molar-refractivity contribution in [1.29, 1.82) is 0 Å². The number of hydrazone groups is 1. The lowest BCUT2D eigenvalue weighted by molar-refractivity contribution is -0.130. The molecule has 1 fully saturated rings. The van der Waals surface area contributed by atoms with Crippen LogP contribution in [0.5, 0.6) is 0 Å². The molecule has 32 heavy (non-hydrogen) atoms. The van der Waals surface area contributed by atoms with E-state index in [1.54, 1.807) is 35.3 Å². The monoisotopic (exact) mass is 496 g/mol. The minimum Gasteiger partial charge on any atom is -0.265 e. The molecule has 1 amide bonds. The molecular formula is C23H24Cl3FN4O. The molecule has 9 heteroatoms. The summed E-state index contributed by atoms with van der Waals surface area (Å²) >= 11 is 19.1. The zero-order valence-corrected chi connectivity index (χ0v) is 19.9. The van der Waals surface area contributed by atoms with Crippen LogP contribution in [0.15, 0.2) is 47.6 Å². The lowest BCUT2D eigenvalue weighted by Crippen LogP contribution is -2.44. The van der Waals surface area contributed by atoms with E-state index in [2.05, 4.69) is 5.10 Å². The quantitative estimate of drug-likeness (QED) is 0.455. The Kier molecular flexibility index (Phi) is 7.25. The second-order valence-electron chi connectivity index (χ2n) is 8.14. The van der Waals surface area contributed by atoms with E-state index in [4.69, 9.17) is 35.0 Å². The molecule has 0 aromatic heterocycles. The number of rotatable bonds is 4. The average Bonchev–Trinajstić information content (AvgIpc) is 2.94. The van der Waals surface area contributed by atoms with Gasteiger partial charge in [-0.05, 0) is 48.7 Å². The maximum Gasteiger partial charge on any atom is 0.299 e. The molecule has 0 radical (unpaired) electrons. The number of benzene rings is 2. The summed E-state index contributed by atoms with van der Waals surface area (Å²) < 4.78 is 14.8. The van der Waals surface area contributed by atoms with Gasteiger partial charge >= 0.3 is 0 Å². The van der Waals surface area contributed by atoms with Gasteiger partial charge in [0.15, 0.2) is 0 Å². The zero-order chi connectivity index (χ0) is 22.8. The third-order valence-corrected chi connectivity index (χ3v) is 6.87. The molecule has 2 heterocycles. The Balaban J connectivity index is 1.70. The number of carbonyl (C=O) groups is 1. The minimum absolute atomic E-state index is 0.312. The van der Waals surface area contributed by atoms with Crippen molar-refractivity contribution in [3.05, 3.63) is 63.9 Å². The van der Waals surface area contributed by atoms with Gasteiger partial charge in [-0.25, -0.2) is 9.40 Å². The summed E-state index contributed by atoms with van der Waals surface area (Å²) in [5.74, 6) is -1.01. The van der Waals surface area contributed by atoms with Gasteiger partial charge in [0.05, 0.1) is 16.8 Å². The SMILES string of the molecule is C[C@@H]1C(C(=O)N(Cl)N2CCCCCC2)=NN(c2ccc(Cl)cc2Cl)[C@@H]1c1ccc(F)cc1. The first-order valence-corrected chi connectivity index (χ1v) is 11.8. The molecule has 2 aliphatic rings. The molecule has 2 aliphatic heterocycles. The highest BCUT2D eigenvalue weighted by Gasteiger charge is 2.42. The van der Waals surface area contributed by atoms with Gasteiger partial charge in [0.25, 0.3) is 5.91 Å². The molecule has 2 atom stereocenters. The first-order valence-electron chi connectivity index (χ1n) is 10.7. The molecule has 0 spiro atoms. The van der Waals surface area contributed by atoms with Gasteiger partial charge in [-0.1, -0.05) is 55.1 Å².